The second kappa shape index (κ2) is 10.8. The first-order valence-corrected chi connectivity index (χ1v) is 11.4. The van der Waals surface area contributed by atoms with Crippen LogP contribution in [-0.2, 0) is 0 Å². The van der Waals surface area contributed by atoms with Crippen LogP contribution in [0.1, 0.15) is 75.6 Å². The number of rotatable bonds is 7. The molecule has 0 radical (unpaired) electrons. The summed E-state index contributed by atoms with van der Waals surface area (Å²) in [7, 11) is 0. The fourth-order valence-electron chi connectivity index (χ4n) is 4.38. The summed E-state index contributed by atoms with van der Waals surface area (Å²) < 4.78 is 5.75. The van der Waals surface area contributed by atoms with E-state index in [9.17, 15) is 4.79 Å². The van der Waals surface area contributed by atoms with Gasteiger partial charge in [0.25, 0.3) is 5.91 Å². The third-order valence-corrected chi connectivity index (χ3v) is 6.05. The van der Waals surface area contributed by atoms with Gasteiger partial charge in [-0.2, -0.15) is 0 Å². The lowest BCUT2D eigenvalue weighted by Gasteiger charge is -2.37. The standard InChI is InChI=1S/C24H38N2O2/c1-20(2)19-28-23-12-10-21(11-13-23)24(27)26-17-8-5-9-22(26)14-18-25-15-6-3-4-7-16-25/h10-13,20,22H,3-9,14-19H2,1-2H3/t22-/m0/s1. The van der Waals surface area contributed by atoms with Crippen LogP contribution < -0.4 is 4.74 Å². The lowest BCUT2D eigenvalue weighted by atomic mass is 9.97. The number of hydrogen-bond donors (Lipinski definition) is 0. The molecule has 28 heavy (non-hydrogen) atoms. The fraction of sp³-hybridized carbons (Fsp3) is 0.708. The first kappa shape index (κ1) is 21.2. The van der Waals surface area contributed by atoms with Crippen molar-refractivity contribution in [3.8, 4) is 5.75 Å². The van der Waals surface area contributed by atoms with Gasteiger partial charge in [0.15, 0.2) is 0 Å². The zero-order chi connectivity index (χ0) is 19.8. The number of amides is 1. The molecule has 0 N–H and O–H groups in total. The number of carbonyl (C=O) groups is 1. The summed E-state index contributed by atoms with van der Waals surface area (Å²) in [6.45, 7) is 9.49. The molecule has 1 aromatic rings. The molecule has 0 unspecified atom stereocenters. The Morgan fingerprint density at radius 1 is 1.00 bits per heavy atom. The molecule has 2 saturated heterocycles. The molecule has 2 heterocycles. The molecule has 2 aliphatic heterocycles. The number of piperidine rings is 1. The molecule has 0 bridgehead atoms. The molecule has 0 aliphatic carbocycles. The highest BCUT2D eigenvalue weighted by Gasteiger charge is 2.27. The van der Waals surface area contributed by atoms with E-state index in [1.165, 1.54) is 45.2 Å². The maximum absolute atomic E-state index is 13.2. The van der Waals surface area contributed by atoms with Gasteiger partial charge in [-0.25, -0.2) is 0 Å². The lowest BCUT2D eigenvalue weighted by Crippen LogP contribution is -2.45. The highest BCUT2D eigenvalue weighted by atomic mass is 16.5. The van der Waals surface area contributed by atoms with Gasteiger partial charge in [0.05, 0.1) is 6.61 Å². The van der Waals surface area contributed by atoms with Crippen LogP contribution in [0.3, 0.4) is 0 Å². The maximum atomic E-state index is 13.2. The lowest BCUT2D eigenvalue weighted by molar-refractivity contribution is 0.0584. The molecule has 1 amide bonds. The van der Waals surface area contributed by atoms with E-state index >= 15 is 0 Å². The van der Waals surface area contributed by atoms with Crippen LogP contribution in [-0.4, -0.2) is 54.5 Å². The van der Waals surface area contributed by atoms with E-state index in [4.69, 9.17) is 4.74 Å². The van der Waals surface area contributed by atoms with Crippen molar-refractivity contribution in [2.45, 2.75) is 71.3 Å². The Hall–Kier alpha value is -1.55. The van der Waals surface area contributed by atoms with E-state index in [1.807, 2.05) is 24.3 Å². The topological polar surface area (TPSA) is 32.8 Å². The minimum Gasteiger partial charge on any atom is -0.493 e. The Morgan fingerprint density at radius 2 is 1.68 bits per heavy atom. The number of nitrogens with zero attached hydrogens (tertiary/aromatic N) is 2. The molecule has 0 saturated carbocycles. The zero-order valence-electron chi connectivity index (χ0n) is 17.9. The summed E-state index contributed by atoms with van der Waals surface area (Å²) in [6, 6.07) is 8.12. The minimum atomic E-state index is 0.191. The Bertz CT molecular complexity index is 591. The van der Waals surface area contributed by atoms with Gasteiger partial charge in [-0.15, -0.1) is 0 Å². The van der Waals surface area contributed by atoms with Crippen LogP contribution in [0.15, 0.2) is 24.3 Å². The number of benzene rings is 1. The van der Waals surface area contributed by atoms with E-state index in [-0.39, 0.29) is 5.91 Å². The monoisotopic (exact) mass is 386 g/mol. The first-order chi connectivity index (χ1) is 13.6. The number of likely N-dealkylation sites (tertiary alicyclic amines) is 2. The predicted molar refractivity (Wildman–Crippen MR) is 115 cm³/mol. The Labute approximate surface area is 171 Å². The molecule has 2 aliphatic rings. The van der Waals surface area contributed by atoms with Crippen LogP contribution in [0.5, 0.6) is 5.75 Å². The van der Waals surface area contributed by atoms with Crippen molar-refractivity contribution >= 4 is 5.91 Å². The first-order valence-electron chi connectivity index (χ1n) is 11.4. The summed E-state index contributed by atoms with van der Waals surface area (Å²) in [5.74, 6) is 1.54. The molecular weight excluding hydrogens is 348 g/mol. The van der Waals surface area contributed by atoms with Gasteiger partial charge in [0.1, 0.15) is 5.75 Å². The van der Waals surface area contributed by atoms with Crippen LogP contribution >= 0.6 is 0 Å². The molecule has 4 nitrogen and oxygen atoms in total. The van der Waals surface area contributed by atoms with Crippen molar-refractivity contribution in [1.29, 1.82) is 0 Å². The number of hydrogen-bond acceptors (Lipinski definition) is 3. The quantitative estimate of drug-likeness (QED) is 0.662. The van der Waals surface area contributed by atoms with Gasteiger partial charge in [-0.05, 0) is 81.8 Å². The molecule has 0 spiro atoms. The van der Waals surface area contributed by atoms with Crippen molar-refractivity contribution in [2.75, 3.05) is 32.8 Å². The average Bonchev–Trinajstić information content (AvgIpc) is 3.00. The molecule has 4 heteroatoms. The molecule has 3 rings (SSSR count). The van der Waals surface area contributed by atoms with Gasteiger partial charge in [0.2, 0.25) is 0 Å². The predicted octanol–water partition coefficient (Wildman–Crippen LogP) is 4.98. The van der Waals surface area contributed by atoms with Crippen molar-refractivity contribution in [3.63, 3.8) is 0 Å². The van der Waals surface area contributed by atoms with Crippen LogP contribution in [0.25, 0.3) is 0 Å². The fourth-order valence-corrected chi connectivity index (χ4v) is 4.38. The number of carbonyl (C=O) groups excluding carboxylic acids is 1. The van der Waals surface area contributed by atoms with Crippen molar-refractivity contribution < 1.29 is 9.53 Å². The summed E-state index contributed by atoms with van der Waals surface area (Å²) in [6.07, 6.45) is 10.0. The Morgan fingerprint density at radius 3 is 2.36 bits per heavy atom. The largest absolute Gasteiger partial charge is 0.493 e. The Balaban J connectivity index is 1.56. The summed E-state index contributed by atoms with van der Waals surface area (Å²) >= 11 is 0. The van der Waals surface area contributed by atoms with E-state index in [0.29, 0.717) is 18.6 Å². The normalized spacial score (nSPS) is 21.5. The molecule has 1 aromatic carbocycles. The van der Waals surface area contributed by atoms with Gasteiger partial charge in [-0.3, -0.25) is 4.79 Å². The zero-order valence-corrected chi connectivity index (χ0v) is 17.9. The van der Waals surface area contributed by atoms with Gasteiger partial charge < -0.3 is 14.5 Å². The van der Waals surface area contributed by atoms with E-state index < -0.39 is 0 Å². The summed E-state index contributed by atoms with van der Waals surface area (Å²) in [5, 5.41) is 0. The summed E-state index contributed by atoms with van der Waals surface area (Å²) in [4.78, 5) is 17.9. The SMILES string of the molecule is CC(C)COc1ccc(C(=O)N2CCCC[C@H]2CCN2CCCCCC2)cc1. The highest BCUT2D eigenvalue weighted by Crippen LogP contribution is 2.24. The van der Waals surface area contributed by atoms with Gasteiger partial charge >= 0.3 is 0 Å². The smallest absolute Gasteiger partial charge is 0.254 e. The van der Waals surface area contributed by atoms with Crippen molar-refractivity contribution in [3.05, 3.63) is 29.8 Å². The van der Waals surface area contributed by atoms with Crippen LogP contribution in [0.4, 0.5) is 0 Å². The van der Waals surface area contributed by atoms with Crippen LogP contribution in [0.2, 0.25) is 0 Å². The third kappa shape index (κ3) is 6.23. The van der Waals surface area contributed by atoms with E-state index in [0.717, 1.165) is 43.7 Å². The molecule has 0 aromatic heterocycles. The van der Waals surface area contributed by atoms with E-state index in [2.05, 4.69) is 23.6 Å². The molecule has 1 atom stereocenters. The Kier molecular flexibility index (Phi) is 8.20. The van der Waals surface area contributed by atoms with Crippen molar-refractivity contribution in [2.24, 2.45) is 5.92 Å². The second-order valence-corrected chi connectivity index (χ2v) is 8.92. The van der Waals surface area contributed by atoms with E-state index in [1.54, 1.807) is 0 Å². The molecule has 156 valence electrons. The average molecular weight is 387 g/mol. The summed E-state index contributed by atoms with van der Waals surface area (Å²) in [5.41, 5.74) is 0.790. The molecular formula is C24H38N2O2. The number of ether oxygens (including phenoxy) is 1. The van der Waals surface area contributed by atoms with Gasteiger partial charge in [-0.1, -0.05) is 26.7 Å². The molecule has 2 fully saturated rings. The maximum Gasteiger partial charge on any atom is 0.254 e. The highest BCUT2D eigenvalue weighted by molar-refractivity contribution is 5.94. The second-order valence-electron chi connectivity index (χ2n) is 8.92. The van der Waals surface area contributed by atoms with Crippen LogP contribution in [0, 0.1) is 5.92 Å². The third-order valence-electron chi connectivity index (χ3n) is 6.05. The van der Waals surface area contributed by atoms with Crippen molar-refractivity contribution in [1.82, 2.24) is 9.80 Å². The van der Waals surface area contributed by atoms with Gasteiger partial charge in [0, 0.05) is 24.7 Å². The minimum absolute atomic E-state index is 0.191.